The Morgan fingerprint density at radius 2 is 2.05 bits per heavy atom. The predicted molar refractivity (Wildman–Crippen MR) is 72.5 cm³/mol. The van der Waals surface area contributed by atoms with Crippen molar-refractivity contribution >= 4 is 5.95 Å². The summed E-state index contributed by atoms with van der Waals surface area (Å²) < 4.78 is 7.08. The summed E-state index contributed by atoms with van der Waals surface area (Å²) in [5.41, 5.74) is 5.67. The van der Waals surface area contributed by atoms with Crippen LogP contribution in [0.1, 0.15) is 12.8 Å². The van der Waals surface area contributed by atoms with Crippen LogP contribution in [0.5, 0.6) is 6.01 Å². The van der Waals surface area contributed by atoms with E-state index in [4.69, 9.17) is 10.5 Å². The Morgan fingerprint density at radius 1 is 1.20 bits per heavy atom. The van der Waals surface area contributed by atoms with Crippen LogP contribution in [0.15, 0.2) is 18.5 Å². The second-order valence-corrected chi connectivity index (χ2v) is 4.62. The highest BCUT2D eigenvalue weighted by Crippen LogP contribution is 2.10. The predicted octanol–water partition coefficient (Wildman–Crippen LogP) is 0.114. The molecule has 0 radical (unpaired) electrons. The maximum atomic E-state index is 5.67. The third-order valence-corrected chi connectivity index (χ3v) is 3.17. The van der Waals surface area contributed by atoms with Gasteiger partial charge in [-0.25, -0.2) is 4.68 Å². The van der Waals surface area contributed by atoms with E-state index in [0.717, 1.165) is 19.6 Å². The number of rotatable bonds is 5. The van der Waals surface area contributed by atoms with Crippen molar-refractivity contribution < 1.29 is 4.74 Å². The number of likely N-dealkylation sites (tertiary alicyclic amines) is 1. The van der Waals surface area contributed by atoms with Crippen molar-refractivity contribution in [1.29, 1.82) is 0 Å². The van der Waals surface area contributed by atoms with Gasteiger partial charge in [0.25, 0.3) is 5.95 Å². The SMILES string of the molecule is Nc1nc(OCCN2CCCC2)nc(-n2cccn2)n1. The highest BCUT2D eigenvalue weighted by atomic mass is 16.5. The van der Waals surface area contributed by atoms with Crippen molar-refractivity contribution in [2.45, 2.75) is 12.8 Å². The normalized spacial score (nSPS) is 15.6. The van der Waals surface area contributed by atoms with Gasteiger partial charge in [0, 0.05) is 18.9 Å². The van der Waals surface area contributed by atoms with Crippen LogP contribution in [0.25, 0.3) is 5.95 Å². The molecule has 8 heteroatoms. The van der Waals surface area contributed by atoms with E-state index in [-0.39, 0.29) is 12.0 Å². The van der Waals surface area contributed by atoms with Crippen molar-refractivity contribution in [3.63, 3.8) is 0 Å². The smallest absolute Gasteiger partial charge is 0.323 e. The summed E-state index contributed by atoms with van der Waals surface area (Å²) in [7, 11) is 0. The zero-order valence-electron chi connectivity index (χ0n) is 11.1. The number of hydrogen-bond donors (Lipinski definition) is 1. The summed E-state index contributed by atoms with van der Waals surface area (Å²) >= 11 is 0. The molecule has 1 aliphatic rings. The average molecular weight is 275 g/mol. The molecule has 106 valence electrons. The molecule has 1 saturated heterocycles. The topological polar surface area (TPSA) is 95.0 Å². The molecule has 0 saturated carbocycles. The molecule has 1 fully saturated rings. The molecule has 0 aromatic carbocycles. The van der Waals surface area contributed by atoms with Crippen LogP contribution < -0.4 is 10.5 Å². The van der Waals surface area contributed by atoms with Crippen LogP contribution in [-0.2, 0) is 0 Å². The molecular formula is C12H17N7O. The standard InChI is InChI=1S/C12H17N7O/c13-10-15-11(19-7-3-4-14-19)17-12(16-10)20-9-8-18-5-1-2-6-18/h3-4,7H,1-2,5-6,8-9H2,(H2,13,15,16,17). The summed E-state index contributed by atoms with van der Waals surface area (Å²) in [5, 5.41) is 4.06. The molecular weight excluding hydrogens is 258 g/mol. The van der Waals surface area contributed by atoms with E-state index in [1.807, 2.05) is 0 Å². The molecule has 3 rings (SSSR count). The van der Waals surface area contributed by atoms with E-state index in [2.05, 4.69) is 25.0 Å². The number of hydrogen-bond acceptors (Lipinski definition) is 7. The molecule has 2 aromatic heterocycles. The van der Waals surface area contributed by atoms with Gasteiger partial charge in [-0.05, 0) is 32.0 Å². The number of aromatic nitrogens is 5. The summed E-state index contributed by atoms with van der Waals surface area (Å²) in [5.74, 6) is 0.486. The maximum Gasteiger partial charge on any atom is 0.323 e. The van der Waals surface area contributed by atoms with Crippen LogP contribution in [-0.4, -0.2) is 55.9 Å². The van der Waals surface area contributed by atoms with Gasteiger partial charge in [0.15, 0.2) is 0 Å². The molecule has 3 heterocycles. The van der Waals surface area contributed by atoms with Crippen molar-refractivity contribution in [3.8, 4) is 12.0 Å². The van der Waals surface area contributed by atoms with Crippen molar-refractivity contribution in [3.05, 3.63) is 18.5 Å². The lowest BCUT2D eigenvalue weighted by Crippen LogP contribution is -2.25. The van der Waals surface area contributed by atoms with E-state index in [0.29, 0.717) is 12.6 Å². The Balaban J connectivity index is 1.63. The first kappa shape index (κ1) is 12.8. The van der Waals surface area contributed by atoms with Gasteiger partial charge in [-0.15, -0.1) is 0 Å². The van der Waals surface area contributed by atoms with Gasteiger partial charge in [0.1, 0.15) is 6.61 Å². The number of anilines is 1. The summed E-state index contributed by atoms with van der Waals surface area (Å²) in [6.07, 6.45) is 5.92. The first-order valence-corrected chi connectivity index (χ1v) is 6.68. The maximum absolute atomic E-state index is 5.67. The zero-order valence-corrected chi connectivity index (χ0v) is 11.1. The molecule has 0 aliphatic carbocycles. The molecule has 0 atom stereocenters. The van der Waals surface area contributed by atoms with Crippen LogP contribution in [0.2, 0.25) is 0 Å². The summed E-state index contributed by atoms with van der Waals surface area (Å²) in [6.45, 7) is 3.70. The Bertz CT molecular complexity index is 551. The number of ether oxygens (including phenoxy) is 1. The quantitative estimate of drug-likeness (QED) is 0.827. The lowest BCUT2D eigenvalue weighted by Gasteiger charge is -2.14. The second-order valence-electron chi connectivity index (χ2n) is 4.62. The number of nitrogens with two attached hydrogens (primary N) is 1. The van der Waals surface area contributed by atoms with Crippen molar-refractivity contribution in [2.24, 2.45) is 0 Å². The fraction of sp³-hybridized carbons (Fsp3) is 0.500. The van der Waals surface area contributed by atoms with Crippen LogP contribution in [0, 0.1) is 0 Å². The first-order chi connectivity index (χ1) is 9.81. The third-order valence-electron chi connectivity index (χ3n) is 3.17. The minimum Gasteiger partial charge on any atom is -0.462 e. The van der Waals surface area contributed by atoms with Gasteiger partial charge in [0.2, 0.25) is 5.95 Å². The first-order valence-electron chi connectivity index (χ1n) is 6.68. The number of nitrogen functional groups attached to an aromatic ring is 1. The third kappa shape index (κ3) is 3.02. The van der Waals surface area contributed by atoms with Gasteiger partial charge in [-0.1, -0.05) is 0 Å². The lowest BCUT2D eigenvalue weighted by atomic mass is 10.4. The van der Waals surface area contributed by atoms with E-state index in [1.165, 1.54) is 17.5 Å². The zero-order chi connectivity index (χ0) is 13.8. The Kier molecular flexibility index (Phi) is 3.73. The fourth-order valence-corrected chi connectivity index (χ4v) is 2.19. The Morgan fingerprint density at radius 3 is 2.80 bits per heavy atom. The second kappa shape index (κ2) is 5.83. The Labute approximate surface area is 116 Å². The fourth-order valence-electron chi connectivity index (χ4n) is 2.19. The largest absolute Gasteiger partial charge is 0.462 e. The summed E-state index contributed by atoms with van der Waals surface area (Å²) in [6, 6.07) is 2.02. The monoisotopic (exact) mass is 275 g/mol. The highest BCUT2D eigenvalue weighted by Gasteiger charge is 2.12. The van der Waals surface area contributed by atoms with E-state index < -0.39 is 0 Å². The minimum atomic E-state index is 0.127. The molecule has 1 aliphatic heterocycles. The molecule has 0 spiro atoms. The van der Waals surface area contributed by atoms with E-state index in [1.54, 1.807) is 18.5 Å². The van der Waals surface area contributed by atoms with Crippen LogP contribution in [0.4, 0.5) is 5.95 Å². The van der Waals surface area contributed by atoms with Gasteiger partial charge in [-0.2, -0.15) is 20.1 Å². The molecule has 0 bridgehead atoms. The Hall–Kier alpha value is -2.22. The molecule has 0 amide bonds. The molecule has 0 unspecified atom stereocenters. The van der Waals surface area contributed by atoms with Gasteiger partial charge >= 0.3 is 6.01 Å². The number of nitrogens with zero attached hydrogens (tertiary/aromatic N) is 6. The molecule has 20 heavy (non-hydrogen) atoms. The minimum absolute atomic E-state index is 0.127. The van der Waals surface area contributed by atoms with Gasteiger partial charge in [0.05, 0.1) is 0 Å². The van der Waals surface area contributed by atoms with Crippen molar-refractivity contribution in [2.75, 3.05) is 32.0 Å². The van der Waals surface area contributed by atoms with E-state index in [9.17, 15) is 0 Å². The van der Waals surface area contributed by atoms with Gasteiger partial charge in [-0.3, -0.25) is 4.90 Å². The summed E-state index contributed by atoms with van der Waals surface area (Å²) in [4.78, 5) is 14.6. The van der Waals surface area contributed by atoms with E-state index >= 15 is 0 Å². The van der Waals surface area contributed by atoms with Crippen LogP contribution in [0.3, 0.4) is 0 Å². The molecule has 2 N–H and O–H groups in total. The average Bonchev–Trinajstić information content (AvgIpc) is 3.11. The molecule has 8 nitrogen and oxygen atoms in total. The van der Waals surface area contributed by atoms with Crippen LogP contribution >= 0.6 is 0 Å². The van der Waals surface area contributed by atoms with Gasteiger partial charge < -0.3 is 10.5 Å². The lowest BCUT2D eigenvalue weighted by molar-refractivity contribution is 0.225. The highest BCUT2D eigenvalue weighted by molar-refractivity contribution is 5.24. The van der Waals surface area contributed by atoms with Crippen molar-refractivity contribution in [1.82, 2.24) is 29.6 Å². The molecule has 2 aromatic rings.